The third-order valence-corrected chi connectivity index (χ3v) is 7.92. The summed E-state index contributed by atoms with van der Waals surface area (Å²) in [5, 5.41) is 18.5. The van der Waals surface area contributed by atoms with Crippen LogP contribution in [0.25, 0.3) is 28.0 Å². The number of benzene rings is 2. The van der Waals surface area contributed by atoms with Crippen LogP contribution in [0.3, 0.4) is 0 Å². The summed E-state index contributed by atoms with van der Waals surface area (Å²) in [7, 11) is 0. The number of aryl methyl sites for hydroxylation is 1. The van der Waals surface area contributed by atoms with Gasteiger partial charge in [0.25, 0.3) is 0 Å². The molecule has 0 amide bonds. The van der Waals surface area contributed by atoms with Crippen molar-refractivity contribution >= 4 is 28.5 Å². The Kier molecular flexibility index (Phi) is 9.37. The molecule has 5 rings (SSSR count). The van der Waals surface area contributed by atoms with E-state index in [1.807, 2.05) is 31.2 Å². The molecule has 0 spiro atoms. The molecule has 42 heavy (non-hydrogen) atoms. The zero-order valence-electron chi connectivity index (χ0n) is 23.9. The first kappa shape index (κ1) is 29.9. The third kappa shape index (κ3) is 7.07. The van der Waals surface area contributed by atoms with Crippen molar-refractivity contribution < 1.29 is 4.39 Å². The van der Waals surface area contributed by atoms with Crippen molar-refractivity contribution in [3.8, 4) is 16.9 Å². The fourth-order valence-corrected chi connectivity index (χ4v) is 5.68. The summed E-state index contributed by atoms with van der Waals surface area (Å²) in [6.45, 7) is 6.14. The number of hydrogen-bond donors (Lipinski definition) is 6. The smallest absolute Gasteiger partial charge is 0.354 e. The minimum Gasteiger partial charge on any atom is -0.374 e. The summed E-state index contributed by atoms with van der Waals surface area (Å²) >= 11 is 6.25. The van der Waals surface area contributed by atoms with Crippen LogP contribution in [-0.4, -0.2) is 52.1 Å². The van der Waals surface area contributed by atoms with Crippen molar-refractivity contribution in [2.24, 2.45) is 5.73 Å². The minimum atomic E-state index is -0.515. The highest BCUT2D eigenvalue weighted by Crippen LogP contribution is 2.31. The largest absolute Gasteiger partial charge is 0.374 e. The Morgan fingerprint density at radius 1 is 1.26 bits per heavy atom. The molecule has 1 fully saturated rings. The molecule has 2 aromatic carbocycles. The van der Waals surface area contributed by atoms with Crippen LogP contribution >= 0.6 is 11.6 Å². The van der Waals surface area contributed by atoms with Crippen molar-refractivity contribution in [3.63, 3.8) is 0 Å². The number of nitrogens with two attached hydrogens (primary N) is 1. The summed E-state index contributed by atoms with van der Waals surface area (Å²) in [5.74, 6) is -0.0432. The number of halogens is 2. The number of H-pyrrole nitrogens is 1. The van der Waals surface area contributed by atoms with Gasteiger partial charge in [-0.2, -0.15) is 4.98 Å². The Labute approximate surface area is 249 Å². The number of aromatic amines is 1. The first-order valence-corrected chi connectivity index (χ1v) is 14.8. The van der Waals surface area contributed by atoms with Crippen LogP contribution in [0.15, 0.2) is 53.5 Å². The molecule has 0 unspecified atom stereocenters. The highest BCUT2D eigenvalue weighted by Gasteiger charge is 2.22. The molecule has 0 aliphatic carbocycles. The van der Waals surface area contributed by atoms with Gasteiger partial charge in [-0.05, 0) is 81.0 Å². The fraction of sp³-hybridized carbons (Fsp3) is 0.387. The van der Waals surface area contributed by atoms with Crippen LogP contribution in [0.4, 0.5) is 4.39 Å². The number of aromatic nitrogens is 3. The van der Waals surface area contributed by atoms with E-state index < -0.39 is 11.5 Å². The number of fused-ring (bicyclic) bond motifs is 1. The predicted octanol–water partition coefficient (Wildman–Crippen LogP) is 4.42. The van der Waals surface area contributed by atoms with Crippen LogP contribution < -0.4 is 27.4 Å². The van der Waals surface area contributed by atoms with Gasteiger partial charge in [-0.3, -0.25) is 9.98 Å². The van der Waals surface area contributed by atoms with Gasteiger partial charge in [0, 0.05) is 54.9 Å². The van der Waals surface area contributed by atoms with Crippen molar-refractivity contribution in [1.82, 2.24) is 30.5 Å². The lowest BCUT2D eigenvalue weighted by molar-refractivity contribution is 0.330. The molecule has 1 aliphatic rings. The van der Waals surface area contributed by atoms with E-state index in [1.54, 1.807) is 31.3 Å². The lowest BCUT2D eigenvalue weighted by atomic mass is 10.0. The summed E-state index contributed by atoms with van der Waals surface area (Å²) in [6, 6.07) is 13.6. The maximum atomic E-state index is 15.1. The van der Waals surface area contributed by atoms with Crippen molar-refractivity contribution in [3.05, 3.63) is 81.1 Å². The van der Waals surface area contributed by atoms with Gasteiger partial charge in [-0.15, -0.1) is 0 Å². The average Bonchev–Trinajstić information content (AvgIpc) is 3.37. The van der Waals surface area contributed by atoms with Gasteiger partial charge < -0.3 is 26.7 Å². The van der Waals surface area contributed by atoms with Crippen molar-refractivity contribution in [2.45, 2.75) is 57.7 Å². The zero-order valence-corrected chi connectivity index (χ0v) is 24.7. The van der Waals surface area contributed by atoms with Crippen LogP contribution in [-0.2, 0) is 6.42 Å². The van der Waals surface area contributed by atoms with E-state index in [1.165, 1.54) is 4.57 Å². The summed E-state index contributed by atoms with van der Waals surface area (Å²) in [5.41, 5.74) is 9.41. The first-order valence-electron chi connectivity index (χ1n) is 14.4. The lowest BCUT2D eigenvalue weighted by Gasteiger charge is -2.32. The molecule has 0 radical (unpaired) electrons. The first-order chi connectivity index (χ1) is 20.2. The molecule has 3 heterocycles. The highest BCUT2D eigenvalue weighted by atomic mass is 35.5. The Bertz CT molecular complexity index is 1610. The Morgan fingerprint density at radius 2 is 2.05 bits per heavy atom. The molecule has 3 atom stereocenters. The van der Waals surface area contributed by atoms with Crippen LogP contribution in [0.2, 0.25) is 5.02 Å². The summed E-state index contributed by atoms with van der Waals surface area (Å²) in [4.78, 5) is 20.3. The predicted molar refractivity (Wildman–Crippen MR) is 167 cm³/mol. The minimum absolute atomic E-state index is 0.0571. The SMILES string of the molecule is CC(=N)NCC[C@@H]1CNC[C@H](c2ccc(-n3cc4cc(-c5cc(CCC[C@H](C)N)cc(Cl)c5F)[nH]c4nc3=O)cc2)N1. The van der Waals surface area contributed by atoms with E-state index in [0.717, 1.165) is 56.4 Å². The Morgan fingerprint density at radius 3 is 2.79 bits per heavy atom. The van der Waals surface area contributed by atoms with Gasteiger partial charge in [-0.1, -0.05) is 23.7 Å². The van der Waals surface area contributed by atoms with E-state index in [9.17, 15) is 4.79 Å². The summed E-state index contributed by atoms with van der Waals surface area (Å²) < 4.78 is 16.6. The van der Waals surface area contributed by atoms with E-state index in [-0.39, 0.29) is 17.1 Å². The molecule has 0 saturated carbocycles. The second-order valence-electron chi connectivity index (χ2n) is 11.2. The Hall–Kier alpha value is -3.57. The molecular weight excluding hydrogens is 555 g/mol. The van der Waals surface area contributed by atoms with Crippen LogP contribution in [0.1, 0.15) is 50.3 Å². The molecule has 9 nitrogen and oxygen atoms in total. The van der Waals surface area contributed by atoms with Gasteiger partial charge in [0.05, 0.1) is 22.2 Å². The number of nitrogens with zero attached hydrogens (tertiary/aromatic N) is 2. The van der Waals surface area contributed by atoms with Gasteiger partial charge >= 0.3 is 5.69 Å². The van der Waals surface area contributed by atoms with E-state index in [2.05, 4.69) is 25.9 Å². The quantitative estimate of drug-likeness (QED) is 0.119. The molecule has 222 valence electrons. The normalized spacial score (nSPS) is 17.8. The van der Waals surface area contributed by atoms with Crippen LogP contribution in [0.5, 0.6) is 0 Å². The number of hydrogen-bond acceptors (Lipinski definition) is 6. The second-order valence-corrected chi connectivity index (χ2v) is 11.6. The maximum absolute atomic E-state index is 15.1. The molecular formula is C31H38ClFN8O. The molecule has 4 aromatic rings. The van der Waals surface area contributed by atoms with Crippen LogP contribution in [0, 0.1) is 11.2 Å². The van der Waals surface area contributed by atoms with Gasteiger partial charge in [-0.25, -0.2) is 9.18 Å². The highest BCUT2D eigenvalue weighted by molar-refractivity contribution is 6.31. The molecule has 1 aliphatic heterocycles. The molecule has 1 saturated heterocycles. The molecule has 7 N–H and O–H groups in total. The van der Waals surface area contributed by atoms with E-state index in [4.69, 9.17) is 22.7 Å². The molecule has 2 aromatic heterocycles. The number of nitrogens with one attached hydrogen (secondary N) is 5. The zero-order chi connectivity index (χ0) is 29.8. The van der Waals surface area contributed by atoms with Gasteiger partial charge in [0.1, 0.15) is 5.65 Å². The summed E-state index contributed by atoms with van der Waals surface area (Å²) in [6.07, 6.45) is 5.11. The van der Waals surface area contributed by atoms with E-state index in [0.29, 0.717) is 39.9 Å². The topological polar surface area (TPSA) is 137 Å². The number of piperazine rings is 1. The van der Waals surface area contributed by atoms with Crippen molar-refractivity contribution in [2.75, 3.05) is 19.6 Å². The van der Waals surface area contributed by atoms with E-state index >= 15 is 4.39 Å². The maximum Gasteiger partial charge on any atom is 0.354 e. The lowest BCUT2D eigenvalue weighted by Crippen LogP contribution is -2.51. The third-order valence-electron chi connectivity index (χ3n) is 7.64. The molecule has 11 heteroatoms. The number of rotatable bonds is 10. The monoisotopic (exact) mass is 592 g/mol. The van der Waals surface area contributed by atoms with Gasteiger partial charge in [0.2, 0.25) is 0 Å². The molecule has 0 bridgehead atoms. The fourth-order valence-electron chi connectivity index (χ4n) is 5.44. The standard InChI is InChI=1S/C31H38ClFN8O/c1-18(34)4-3-5-20-12-25(29(33)26(32)13-20)27-14-22-17-41(31(42)40-30(22)39-27)24-8-6-21(7-9-24)28-16-36-15-23(38-28)10-11-37-19(2)35/h6-9,12-14,17-18,23,28,36,38H,3-5,10-11,15-16,34H2,1-2H3,(H2,35,37)(H,39,40,42)/t18-,23+,28+/m0/s1. The van der Waals surface area contributed by atoms with Gasteiger partial charge in [0.15, 0.2) is 5.82 Å². The number of amidine groups is 1. The second kappa shape index (κ2) is 13.2. The average molecular weight is 593 g/mol. The van der Waals surface area contributed by atoms with Crippen molar-refractivity contribution in [1.29, 1.82) is 5.41 Å². The Balaban J connectivity index is 1.35.